The van der Waals surface area contributed by atoms with Crippen LogP contribution in [0.15, 0.2) is 36.4 Å². The number of ether oxygens (including phenoxy) is 2. The molecule has 0 unspecified atom stereocenters. The number of hydrogen-bond acceptors (Lipinski definition) is 3. The normalized spacial score (nSPS) is 10.0. The highest BCUT2D eigenvalue weighted by molar-refractivity contribution is 6.35. The summed E-state index contributed by atoms with van der Waals surface area (Å²) in [6.07, 6.45) is 0. The van der Waals surface area contributed by atoms with Gasteiger partial charge in [-0.15, -0.1) is 12.4 Å². The van der Waals surface area contributed by atoms with E-state index >= 15 is 0 Å². The Morgan fingerprint density at radius 1 is 1.00 bits per heavy atom. The monoisotopic (exact) mass is 361 g/mol. The first-order valence-electron chi connectivity index (χ1n) is 6.66. The van der Waals surface area contributed by atoms with Gasteiger partial charge in [-0.25, -0.2) is 0 Å². The maximum Gasteiger partial charge on any atom is 0.161 e. The van der Waals surface area contributed by atoms with Gasteiger partial charge >= 0.3 is 0 Å². The molecule has 0 atom stereocenters. The molecule has 0 heterocycles. The minimum Gasteiger partial charge on any atom is -0.490 e. The van der Waals surface area contributed by atoms with Gasteiger partial charge < -0.3 is 15.2 Å². The van der Waals surface area contributed by atoms with Gasteiger partial charge in [-0.1, -0.05) is 35.3 Å². The molecule has 2 N–H and O–H groups in total. The van der Waals surface area contributed by atoms with Crippen LogP contribution >= 0.6 is 35.6 Å². The van der Waals surface area contributed by atoms with Crippen LogP contribution in [0.1, 0.15) is 18.1 Å². The summed E-state index contributed by atoms with van der Waals surface area (Å²) < 4.78 is 11.4. The molecule has 0 saturated carbocycles. The fourth-order valence-electron chi connectivity index (χ4n) is 1.86. The summed E-state index contributed by atoms with van der Waals surface area (Å²) in [5.74, 6) is 1.35. The van der Waals surface area contributed by atoms with Crippen molar-refractivity contribution in [2.24, 2.45) is 5.73 Å². The van der Waals surface area contributed by atoms with Crippen LogP contribution in [0.3, 0.4) is 0 Å². The van der Waals surface area contributed by atoms with Crippen LogP contribution in [0.4, 0.5) is 0 Å². The predicted molar refractivity (Wildman–Crippen MR) is 93.5 cm³/mol. The van der Waals surface area contributed by atoms with Crippen LogP contribution < -0.4 is 15.2 Å². The fraction of sp³-hybridized carbons (Fsp3) is 0.250. The maximum absolute atomic E-state index is 6.13. The van der Waals surface area contributed by atoms with Gasteiger partial charge in [0, 0.05) is 22.2 Å². The molecule has 0 aromatic heterocycles. The number of hydrogen-bond donors (Lipinski definition) is 1. The van der Waals surface area contributed by atoms with E-state index in [-0.39, 0.29) is 12.4 Å². The Morgan fingerprint density at radius 2 is 1.77 bits per heavy atom. The minimum absolute atomic E-state index is 0. The van der Waals surface area contributed by atoms with E-state index in [9.17, 15) is 0 Å². The molecule has 2 aromatic rings. The van der Waals surface area contributed by atoms with Crippen molar-refractivity contribution in [3.63, 3.8) is 0 Å². The van der Waals surface area contributed by atoms with Crippen molar-refractivity contribution in [3.05, 3.63) is 57.6 Å². The lowest BCUT2D eigenvalue weighted by Gasteiger charge is -2.13. The topological polar surface area (TPSA) is 44.5 Å². The lowest BCUT2D eigenvalue weighted by molar-refractivity contribution is 0.269. The lowest BCUT2D eigenvalue weighted by atomic mass is 10.2. The van der Waals surface area contributed by atoms with Crippen molar-refractivity contribution < 1.29 is 9.47 Å². The Bertz CT molecular complexity index is 620. The molecule has 3 nitrogen and oxygen atoms in total. The zero-order chi connectivity index (χ0) is 15.2. The molecular weight excluding hydrogens is 345 g/mol. The van der Waals surface area contributed by atoms with Crippen LogP contribution in [0.2, 0.25) is 10.0 Å². The quantitative estimate of drug-likeness (QED) is 0.798. The van der Waals surface area contributed by atoms with E-state index < -0.39 is 0 Å². The molecule has 0 spiro atoms. The summed E-state index contributed by atoms with van der Waals surface area (Å²) in [6.45, 7) is 3.29. The molecule has 0 aliphatic carbocycles. The zero-order valence-corrected chi connectivity index (χ0v) is 14.5. The standard InChI is InChI=1S/C16H17Cl2NO2.ClH/c1-2-20-16-7-11(9-19)3-6-15(16)21-10-12-4-5-13(17)8-14(12)18;/h3-8H,2,9-10,19H2,1H3;1H. The van der Waals surface area contributed by atoms with Gasteiger partial charge in [-0.3, -0.25) is 0 Å². The highest BCUT2D eigenvalue weighted by atomic mass is 35.5. The highest BCUT2D eigenvalue weighted by Gasteiger charge is 2.08. The van der Waals surface area contributed by atoms with Crippen LogP contribution in [-0.2, 0) is 13.2 Å². The summed E-state index contributed by atoms with van der Waals surface area (Å²) in [7, 11) is 0. The molecule has 2 aromatic carbocycles. The summed E-state index contributed by atoms with van der Waals surface area (Å²) in [4.78, 5) is 0. The summed E-state index contributed by atoms with van der Waals surface area (Å²) in [5, 5.41) is 1.19. The molecule has 0 fully saturated rings. The van der Waals surface area contributed by atoms with Crippen LogP contribution in [0, 0.1) is 0 Å². The second kappa shape index (κ2) is 9.11. The Kier molecular flexibility index (Phi) is 7.83. The van der Waals surface area contributed by atoms with Gasteiger partial charge in [0.15, 0.2) is 11.5 Å². The molecule has 0 aliphatic rings. The lowest BCUT2D eigenvalue weighted by Crippen LogP contribution is -2.02. The molecule has 2 rings (SSSR count). The van der Waals surface area contributed by atoms with Gasteiger partial charge in [-0.05, 0) is 36.8 Å². The molecule has 0 bridgehead atoms. The number of halogens is 3. The first-order valence-corrected chi connectivity index (χ1v) is 7.42. The van der Waals surface area contributed by atoms with Crippen LogP contribution in [-0.4, -0.2) is 6.61 Å². The van der Waals surface area contributed by atoms with E-state index in [1.54, 1.807) is 12.1 Å². The van der Waals surface area contributed by atoms with Crippen molar-refractivity contribution in [2.75, 3.05) is 6.61 Å². The van der Waals surface area contributed by atoms with E-state index in [2.05, 4.69) is 0 Å². The molecule has 0 aliphatic heterocycles. The maximum atomic E-state index is 6.13. The summed E-state index contributed by atoms with van der Waals surface area (Å²) in [5.41, 5.74) is 7.50. The SMILES string of the molecule is CCOc1cc(CN)ccc1OCc1ccc(Cl)cc1Cl.Cl. The van der Waals surface area contributed by atoms with E-state index in [0.717, 1.165) is 11.1 Å². The third kappa shape index (κ3) is 4.96. The second-order valence-corrected chi connectivity index (χ2v) is 5.29. The molecule has 22 heavy (non-hydrogen) atoms. The van der Waals surface area contributed by atoms with Crippen molar-refractivity contribution >= 4 is 35.6 Å². The Morgan fingerprint density at radius 3 is 2.41 bits per heavy atom. The van der Waals surface area contributed by atoms with Crippen molar-refractivity contribution in [2.45, 2.75) is 20.1 Å². The molecule has 0 saturated heterocycles. The first-order chi connectivity index (χ1) is 10.1. The van der Waals surface area contributed by atoms with Crippen molar-refractivity contribution in [3.8, 4) is 11.5 Å². The Balaban J connectivity index is 0.00000242. The average molecular weight is 363 g/mol. The third-order valence-electron chi connectivity index (χ3n) is 2.94. The molecule has 0 amide bonds. The Labute approximate surface area is 146 Å². The highest BCUT2D eigenvalue weighted by Crippen LogP contribution is 2.30. The minimum atomic E-state index is 0. The summed E-state index contributed by atoms with van der Waals surface area (Å²) in [6, 6.07) is 11.0. The summed E-state index contributed by atoms with van der Waals surface area (Å²) >= 11 is 12.0. The zero-order valence-electron chi connectivity index (χ0n) is 12.1. The predicted octanol–water partition coefficient (Wildman–Crippen LogP) is 4.85. The first kappa shape index (κ1) is 18.9. The smallest absolute Gasteiger partial charge is 0.161 e. The van der Waals surface area contributed by atoms with E-state index in [0.29, 0.717) is 41.3 Å². The molecule has 6 heteroatoms. The van der Waals surface area contributed by atoms with Gasteiger partial charge in [0.25, 0.3) is 0 Å². The van der Waals surface area contributed by atoms with E-state index in [1.165, 1.54) is 0 Å². The van der Waals surface area contributed by atoms with Gasteiger partial charge in [-0.2, -0.15) is 0 Å². The number of nitrogens with two attached hydrogens (primary N) is 1. The number of benzene rings is 2. The second-order valence-electron chi connectivity index (χ2n) is 4.44. The Hall–Kier alpha value is -1.13. The fourth-order valence-corrected chi connectivity index (χ4v) is 2.32. The van der Waals surface area contributed by atoms with Gasteiger partial charge in [0.2, 0.25) is 0 Å². The molecule has 0 radical (unpaired) electrons. The largest absolute Gasteiger partial charge is 0.490 e. The third-order valence-corrected chi connectivity index (χ3v) is 3.53. The van der Waals surface area contributed by atoms with Gasteiger partial charge in [0.05, 0.1) is 6.61 Å². The van der Waals surface area contributed by atoms with Crippen LogP contribution in [0.25, 0.3) is 0 Å². The van der Waals surface area contributed by atoms with E-state index in [4.69, 9.17) is 38.4 Å². The van der Waals surface area contributed by atoms with Gasteiger partial charge in [0.1, 0.15) is 6.61 Å². The van der Waals surface area contributed by atoms with Crippen LogP contribution in [0.5, 0.6) is 11.5 Å². The van der Waals surface area contributed by atoms with Crippen molar-refractivity contribution in [1.82, 2.24) is 0 Å². The average Bonchev–Trinajstić information content (AvgIpc) is 2.47. The van der Waals surface area contributed by atoms with E-state index in [1.807, 2.05) is 31.2 Å². The molecular formula is C16H18Cl3NO2. The van der Waals surface area contributed by atoms with Crippen molar-refractivity contribution in [1.29, 1.82) is 0 Å². The number of rotatable bonds is 6. The molecule has 120 valence electrons.